The molecule has 1 N–H and O–H groups in total. The third-order valence-corrected chi connectivity index (χ3v) is 3.99. The Morgan fingerprint density at radius 2 is 1.65 bits per heavy atom. The molecule has 0 aliphatic heterocycles. The molecule has 2 aromatic carbocycles. The fraction of sp³-hybridized carbons (Fsp3) is 0.188. The van der Waals surface area contributed by atoms with Gasteiger partial charge in [0.15, 0.2) is 0 Å². The summed E-state index contributed by atoms with van der Waals surface area (Å²) in [6, 6.07) is 15.2. The van der Waals surface area contributed by atoms with Crippen LogP contribution in [0, 0.1) is 0 Å². The summed E-state index contributed by atoms with van der Waals surface area (Å²) in [4.78, 5) is 15.2. The zero-order valence-corrected chi connectivity index (χ0v) is 12.4. The maximum Gasteiger partial charge on any atom is 0.336 e. The van der Waals surface area contributed by atoms with Gasteiger partial charge in [0.05, 0.1) is 5.56 Å². The average molecular weight is 287 g/mol. The lowest BCUT2D eigenvalue weighted by Crippen LogP contribution is -2.11. The van der Waals surface area contributed by atoms with E-state index in [0.29, 0.717) is 5.56 Å². The third-order valence-electron chi connectivity index (χ3n) is 2.80. The largest absolute Gasteiger partial charge is 0.478 e. The monoisotopic (exact) mass is 287 g/mol. The second-order valence-corrected chi connectivity index (χ2v) is 5.83. The molecule has 0 unspecified atom stereocenters. The van der Waals surface area contributed by atoms with Crippen LogP contribution >= 0.6 is 11.8 Å². The first-order valence-electron chi connectivity index (χ1n) is 6.30. The van der Waals surface area contributed by atoms with E-state index >= 15 is 0 Å². The molecule has 4 heteroatoms. The lowest BCUT2D eigenvalue weighted by molar-refractivity contribution is 0.0693. The van der Waals surface area contributed by atoms with E-state index in [9.17, 15) is 9.90 Å². The predicted molar refractivity (Wildman–Crippen MR) is 81.4 cm³/mol. The van der Waals surface area contributed by atoms with Crippen LogP contribution in [-0.2, 0) is 6.54 Å². The van der Waals surface area contributed by atoms with E-state index < -0.39 is 5.97 Å². The molecule has 0 aliphatic rings. The SMILES string of the molecule is CN(C)Cc1ccccc1Sc1ccccc1C(=O)O. The molecule has 0 fully saturated rings. The maximum atomic E-state index is 11.3. The van der Waals surface area contributed by atoms with E-state index in [1.165, 1.54) is 17.3 Å². The fourth-order valence-electron chi connectivity index (χ4n) is 1.93. The second-order valence-electron chi connectivity index (χ2n) is 4.75. The third kappa shape index (κ3) is 3.62. The quantitative estimate of drug-likeness (QED) is 0.912. The molecule has 0 saturated heterocycles. The van der Waals surface area contributed by atoms with Gasteiger partial charge in [-0.25, -0.2) is 4.79 Å². The minimum Gasteiger partial charge on any atom is -0.478 e. The number of hydrogen-bond acceptors (Lipinski definition) is 3. The minimum absolute atomic E-state index is 0.345. The summed E-state index contributed by atoms with van der Waals surface area (Å²) in [7, 11) is 4.04. The number of carbonyl (C=O) groups is 1. The fourth-order valence-corrected chi connectivity index (χ4v) is 2.98. The van der Waals surface area contributed by atoms with Crippen LogP contribution in [0.3, 0.4) is 0 Å². The summed E-state index contributed by atoms with van der Waals surface area (Å²) in [6.45, 7) is 0.832. The summed E-state index contributed by atoms with van der Waals surface area (Å²) in [5, 5.41) is 9.24. The summed E-state index contributed by atoms with van der Waals surface area (Å²) < 4.78 is 0. The van der Waals surface area contributed by atoms with Crippen LogP contribution in [0.1, 0.15) is 15.9 Å². The summed E-state index contributed by atoms with van der Waals surface area (Å²) in [6.07, 6.45) is 0. The first-order valence-corrected chi connectivity index (χ1v) is 7.12. The lowest BCUT2D eigenvalue weighted by Gasteiger charge is -2.14. The van der Waals surface area contributed by atoms with Crippen molar-refractivity contribution in [2.75, 3.05) is 14.1 Å². The zero-order valence-electron chi connectivity index (χ0n) is 11.5. The molecule has 0 bridgehead atoms. The molecule has 0 amide bonds. The van der Waals surface area contributed by atoms with Gasteiger partial charge in [-0.3, -0.25) is 0 Å². The van der Waals surface area contributed by atoms with Crippen molar-refractivity contribution in [1.82, 2.24) is 4.90 Å². The van der Waals surface area contributed by atoms with Crippen molar-refractivity contribution in [2.45, 2.75) is 16.3 Å². The van der Waals surface area contributed by atoms with Crippen molar-refractivity contribution in [3.63, 3.8) is 0 Å². The topological polar surface area (TPSA) is 40.5 Å². The molecule has 2 rings (SSSR count). The number of rotatable bonds is 5. The Morgan fingerprint density at radius 3 is 2.30 bits per heavy atom. The predicted octanol–water partition coefficient (Wildman–Crippen LogP) is 3.60. The van der Waals surface area contributed by atoms with Crippen LogP contribution in [0.5, 0.6) is 0 Å². The minimum atomic E-state index is -0.891. The van der Waals surface area contributed by atoms with Gasteiger partial charge in [0.2, 0.25) is 0 Å². The van der Waals surface area contributed by atoms with Crippen LogP contribution < -0.4 is 0 Å². The molecule has 20 heavy (non-hydrogen) atoms. The highest BCUT2D eigenvalue weighted by molar-refractivity contribution is 7.99. The van der Waals surface area contributed by atoms with Crippen molar-refractivity contribution >= 4 is 17.7 Å². The highest BCUT2D eigenvalue weighted by Gasteiger charge is 2.12. The number of aromatic carboxylic acids is 1. The Kier molecular flexibility index (Phi) is 4.82. The number of hydrogen-bond donors (Lipinski definition) is 1. The standard InChI is InChI=1S/C16H17NO2S/c1-17(2)11-12-7-3-5-9-14(12)20-15-10-6-4-8-13(15)16(18)19/h3-10H,11H2,1-2H3,(H,18,19). The number of carboxylic acids is 1. The molecule has 104 valence electrons. The number of carboxylic acid groups (broad SMARTS) is 1. The van der Waals surface area contributed by atoms with Crippen LogP contribution in [-0.4, -0.2) is 30.1 Å². The number of nitrogens with zero attached hydrogens (tertiary/aromatic N) is 1. The molecule has 0 aliphatic carbocycles. The zero-order chi connectivity index (χ0) is 14.5. The highest BCUT2D eigenvalue weighted by atomic mass is 32.2. The summed E-state index contributed by atoms with van der Waals surface area (Å²) in [5.41, 5.74) is 1.54. The van der Waals surface area contributed by atoms with Crippen LogP contribution in [0.15, 0.2) is 58.3 Å². The van der Waals surface area contributed by atoms with E-state index in [4.69, 9.17) is 0 Å². The van der Waals surface area contributed by atoms with Gasteiger partial charge in [0, 0.05) is 16.3 Å². The second kappa shape index (κ2) is 6.59. The smallest absolute Gasteiger partial charge is 0.336 e. The molecule has 3 nitrogen and oxygen atoms in total. The van der Waals surface area contributed by atoms with E-state index in [1.54, 1.807) is 12.1 Å². The molecule has 0 radical (unpaired) electrons. The molecule has 2 aromatic rings. The Bertz CT molecular complexity index is 611. The van der Waals surface area contributed by atoms with E-state index in [2.05, 4.69) is 11.0 Å². The Hall–Kier alpha value is -1.78. The Morgan fingerprint density at radius 1 is 1.05 bits per heavy atom. The molecule has 0 aromatic heterocycles. The van der Waals surface area contributed by atoms with Gasteiger partial charge < -0.3 is 10.0 Å². The summed E-state index contributed by atoms with van der Waals surface area (Å²) >= 11 is 1.50. The Labute approximate surface area is 123 Å². The van der Waals surface area contributed by atoms with E-state index in [0.717, 1.165) is 16.3 Å². The van der Waals surface area contributed by atoms with Crippen molar-refractivity contribution in [3.05, 3.63) is 59.7 Å². The molecular formula is C16H17NO2S. The van der Waals surface area contributed by atoms with Gasteiger partial charge in [-0.1, -0.05) is 42.1 Å². The van der Waals surface area contributed by atoms with Crippen molar-refractivity contribution in [1.29, 1.82) is 0 Å². The van der Waals surface area contributed by atoms with Crippen molar-refractivity contribution < 1.29 is 9.90 Å². The van der Waals surface area contributed by atoms with Crippen molar-refractivity contribution in [3.8, 4) is 0 Å². The van der Waals surface area contributed by atoms with Crippen LogP contribution in [0.25, 0.3) is 0 Å². The van der Waals surface area contributed by atoms with Gasteiger partial charge in [0.25, 0.3) is 0 Å². The van der Waals surface area contributed by atoms with Crippen LogP contribution in [0.4, 0.5) is 0 Å². The molecule has 0 saturated carbocycles. The Balaban J connectivity index is 2.33. The van der Waals surface area contributed by atoms with E-state index in [-0.39, 0.29) is 0 Å². The molecule has 0 spiro atoms. The first kappa shape index (κ1) is 14.6. The van der Waals surface area contributed by atoms with Gasteiger partial charge in [-0.15, -0.1) is 0 Å². The summed E-state index contributed by atoms with van der Waals surface area (Å²) in [5.74, 6) is -0.891. The van der Waals surface area contributed by atoms with Gasteiger partial charge >= 0.3 is 5.97 Å². The molecule has 0 atom stereocenters. The molecule has 0 heterocycles. The molecular weight excluding hydrogens is 270 g/mol. The van der Waals surface area contributed by atoms with Gasteiger partial charge in [-0.05, 0) is 37.9 Å². The van der Waals surface area contributed by atoms with Crippen molar-refractivity contribution in [2.24, 2.45) is 0 Å². The average Bonchev–Trinajstić information content (AvgIpc) is 2.41. The maximum absolute atomic E-state index is 11.3. The van der Waals surface area contributed by atoms with Crippen LogP contribution in [0.2, 0.25) is 0 Å². The lowest BCUT2D eigenvalue weighted by atomic mass is 10.2. The first-order chi connectivity index (χ1) is 9.58. The number of benzene rings is 2. The van der Waals surface area contributed by atoms with Gasteiger partial charge in [0.1, 0.15) is 0 Å². The normalized spacial score (nSPS) is 10.8. The van der Waals surface area contributed by atoms with E-state index in [1.807, 2.05) is 44.4 Å². The highest BCUT2D eigenvalue weighted by Crippen LogP contribution is 2.33. The van der Waals surface area contributed by atoms with Gasteiger partial charge in [-0.2, -0.15) is 0 Å².